The minimum absolute atomic E-state index is 0.0144. The fourth-order valence-corrected chi connectivity index (χ4v) is 4.59. The second kappa shape index (κ2) is 6.83. The largest absolute Gasteiger partial charge is 0.353 e. The zero-order valence-corrected chi connectivity index (χ0v) is 14.3. The van der Waals surface area contributed by atoms with E-state index in [4.69, 9.17) is 0 Å². The van der Waals surface area contributed by atoms with Crippen LogP contribution in [0.2, 0.25) is 0 Å². The van der Waals surface area contributed by atoms with Crippen molar-refractivity contribution >= 4 is 15.9 Å². The molecule has 0 N–H and O–H groups in total. The molecule has 1 aromatic rings. The van der Waals surface area contributed by atoms with E-state index in [1.165, 1.54) is 4.31 Å². The second-order valence-electron chi connectivity index (χ2n) is 5.63. The van der Waals surface area contributed by atoms with Gasteiger partial charge in [0.2, 0.25) is 15.9 Å². The van der Waals surface area contributed by atoms with Crippen LogP contribution < -0.4 is 0 Å². The van der Waals surface area contributed by atoms with E-state index in [9.17, 15) is 13.2 Å². The van der Waals surface area contributed by atoms with E-state index in [1.807, 2.05) is 29.9 Å². The van der Waals surface area contributed by atoms with Crippen molar-refractivity contribution in [2.45, 2.75) is 32.7 Å². The van der Waals surface area contributed by atoms with Crippen molar-refractivity contribution in [2.24, 2.45) is 7.05 Å². The van der Waals surface area contributed by atoms with E-state index in [2.05, 4.69) is 0 Å². The Kier molecular flexibility index (Phi) is 5.28. The Morgan fingerprint density at radius 3 is 2.59 bits per heavy atom. The molecule has 2 rings (SSSR count). The first-order chi connectivity index (χ1) is 10.4. The third kappa shape index (κ3) is 3.35. The summed E-state index contributed by atoms with van der Waals surface area (Å²) in [6.07, 6.45) is 3.74. The van der Waals surface area contributed by atoms with Gasteiger partial charge in [-0.3, -0.25) is 4.79 Å². The van der Waals surface area contributed by atoms with E-state index in [0.29, 0.717) is 19.6 Å². The van der Waals surface area contributed by atoms with Crippen LogP contribution in [0.4, 0.5) is 0 Å². The number of carbonyl (C=O) groups is 1. The molecule has 7 heteroatoms. The molecule has 0 spiro atoms. The molecule has 1 saturated heterocycles. The van der Waals surface area contributed by atoms with Gasteiger partial charge in [0.05, 0.1) is 6.04 Å². The zero-order valence-electron chi connectivity index (χ0n) is 13.5. The summed E-state index contributed by atoms with van der Waals surface area (Å²) in [6, 6.07) is 3.93. The third-order valence-corrected chi connectivity index (χ3v) is 6.22. The molecule has 124 valence electrons. The number of rotatable bonds is 6. The molecule has 2 heterocycles. The summed E-state index contributed by atoms with van der Waals surface area (Å²) in [4.78, 5) is 14.2. The molecule has 1 fully saturated rings. The number of hydrogen-bond acceptors (Lipinski definition) is 3. The number of hydrogen-bond donors (Lipinski definition) is 0. The Morgan fingerprint density at radius 1 is 1.36 bits per heavy atom. The molecule has 0 aliphatic carbocycles. The van der Waals surface area contributed by atoms with Gasteiger partial charge in [0.25, 0.3) is 0 Å². The smallest absolute Gasteiger partial charge is 0.239 e. The van der Waals surface area contributed by atoms with E-state index >= 15 is 0 Å². The number of nitrogens with zero attached hydrogens (tertiary/aromatic N) is 3. The van der Waals surface area contributed by atoms with E-state index in [-0.39, 0.29) is 11.9 Å². The lowest BCUT2D eigenvalue weighted by Crippen LogP contribution is -2.41. The number of amides is 1. The molecule has 0 unspecified atom stereocenters. The van der Waals surface area contributed by atoms with Crippen LogP contribution in [0, 0.1) is 0 Å². The molecule has 1 amide bonds. The fraction of sp³-hybridized carbons (Fsp3) is 0.667. The van der Waals surface area contributed by atoms with Crippen molar-refractivity contribution in [1.82, 2.24) is 13.8 Å². The topological polar surface area (TPSA) is 62.6 Å². The van der Waals surface area contributed by atoms with Crippen LogP contribution in [0.3, 0.4) is 0 Å². The molecule has 1 aliphatic heterocycles. The van der Waals surface area contributed by atoms with Crippen molar-refractivity contribution in [3.8, 4) is 0 Å². The van der Waals surface area contributed by atoms with Gasteiger partial charge in [-0.2, -0.15) is 0 Å². The van der Waals surface area contributed by atoms with Gasteiger partial charge in [-0.25, -0.2) is 12.7 Å². The highest BCUT2D eigenvalue weighted by Crippen LogP contribution is 2.32. The maximum Gasteiger partial charge on any atom is 0.239 e. The van der Waals surface area contributed by atoms with Crippen LogP contribution in [-0.4, -0.2) is 53.5 Å². The quantitative estimate of drug-likeness (QED) is 0.792. The Bertz CT molecular complexity index is 620. The summed E-state index contributed by atoms with van der Waals surface area (Å²) < 4.78 is 27.9. The number of aromatic nitrogens is 1. The number of aryl methyl sites for hydroxylation is 1. The van der Waals surface area contributed by atoms with Gasteiger partial charge in [-0.15, -0.1) is 0 Å². The Labute approximate surface area is 132 Å². The number of likely N-dealkylation sites (tertiary alicyclic amines) is 1. The zero-order chi connectivity index (χ0) is 16.3. The SMILES string of the molecule is CCN(CC)S(=O)(=O)CC(=O)N1CCC[C@H]1c1cccn1C. The first-order valence-electron chi connectivity index (χ1n) is 7.79. The predicted octanol–water partition coefficient (Wildman–Crippen LogP) is 1.36. The van der Waals surface area contributed by atoms with Crippen LogP contribution >= 0.6 is 0 Å². The van der Waals surface area contributed by atoms with Gasteiger partial charge < -0.3 is 9.47 Å². The Hall–Kier alpha value is -1.34. The molecule has 1 aliphatic rings. The molecule has 0 bridgehead atoms. The van der Waals surface area contributed by atoms with Gasteiger partial charge in [-0.1, -0.05) is 13.8 Å². The van der Waals surface area contributed by atoms with Gasteiger partial charge >= 0.3 is 0 Å². The van der Waals surface area contributed by atoms with Crippen LogP contribution in [0.5, 0.6) is 0 Å². The van der Waals surface area contributed by atoms with Crippen LogP contribution in [0.15, 0.2) is 18.3 Å². The lowest BCUT2D eigenvalue weighted by molar-refractivity contribution is -0.129. The molecule has 6 nitrogen and oxygen atoms in total. The summed E-state index contributed by atoms with van der Waals surface area (Å²) in [5, 5.41) is 0. The first kappa shape index (κ1) is 17.0. The van der Waals surface area contributed by atoms with Crippen LogP contribution in [-0.2, 0) is 21.9 Å². The van der Waals surface area contributed by atoms with Crippen molar-refractivity contribution in [3.05, 3.63) is 24.0 Å². The van der Waals surface area contributed by atoms with E-state index in [0.717, 1.165) is 18.5 Å². The highest BCUT2D eigenvalue weighted by atomic mass is 32.2. The molecule has 0 aromatic carbocycles. The van der Waals surface area contributed by atoms with Crippen LogP contribution in [0.25, 0.3) is 0 Å². The maximum atomic E-state index is 12.5. The highest BCUT2D eigenvalue weighted by molar-refractivity contribution is 7.89. The van der Waals surface area contributed by atoms with E-state index in [1.54, 1.807) is 18.7 Å². The summed E-state index contributed by atoms with van der Waals surface area (Å²) in [5.74, 6) is -0.731. The lowest BCUT2D eigenvalue weighted by atomic mass is 10.1. The number of carbonyl (C=O) groups excluding carboxylic acids is 1. The minimum atomic E-state index is -3.53. The van der Waals surface area contributed by atoms with Crippen LogP contribution in [0.1, 0.15) is 38.4 Å². The summed E-state index contributed by atoms with van der Waals surface area (Å²) >= 11 is 0. The highest BCUT2D eigenvalue weighted by Gasteiger charge is 2.34. The molecule has 1 aromatic heterocycles. The number of sulfonamides is 1. The third-order valence-electron chi connectivity index (χ3n) is 4.30. The molecular weight excluding hydrogens is 302 g/mol. The average molecular weight is 327 g/mol. The van der Waals surface area contributed by atoms with E-state index < -0.39 is 15.8 Å². The normalized spacial score (nSPS) is 19.1. The summed E-state index contributed by atoms with van der Waals surface area (Å²) in [5.41, 5.74) is 1.06. The Balaban J connectivity index is 2.14. The average Bonchev–Trinajstić information content (AvgIpc) is 3.07. The summed E-state index contributed by atoms with van der Waals surface area (Å²) in [7, 11) is -1.58. The van der Waals surface area contributed by atoms with Gasteiger partial charge in [0.15, 0.2) is 0 Å². The Morgan fingerprint density at radius 2 is 2.05 bits per heavy atom. The minimum Gasteiger partial charge on any atom is -0.353 e. The van der Waals surface area contributed by atoms with Gasteiger partial charge in [-0.05, 0) is 25.0 Å². The predicted molar refractivity (Wildman–Crippen MR) is 85.8 cm³/mol. The maximum absolute atomic E-state index is 12.5. The van der Waals surface area contributed by atoms with Gasteiger partial charge in [0, 0.05) is 38.6 Å². The second-order valence-corrected chi connectivity index (χ2v) is 7.60. The van der Waals surface area contributed by atoms with Crippen molar-refractivity contribution in [3.63, 3.8) is 0 Å². The van der Waals surface area contributed by atoms with Crippen molar-refractivity contribution in [2.75, 3.05) is 25.4 Å². The molecule has 22 heavy (non-hydrogen) atoms. The van der Waals surface area contributed by atoms with Gasteiger partial charge in [0.1, 0.15) is 5.75 Å². The standard InChI is InChI=1S/C15H25N3O3S/c1-4-17(5-2)22(20,21)12-15(19)18-11-7-9-14(18)13-8-6-10-16(13)3/h6,8,10,14H,4-5,7,9,11-12H2,1-3H3/t14-/m0/s1. The van der Waals surface area contributed by atoms with Crippen molar-refractivity contribution in [1.29, 1.82) is 0 Å². The molecule has 0 radical (unpaired) electrons. The lowest BCUT2D eigenvalue weighted by Gasteiger charge is -2.26. The molecule has 1 atom stereocenters. The van der Waals surface area contributed by atoms with Crippen molar-refractivity contribution < 1.29 is 13.2 Å². The molecular formula is C15H25N3O3S. The fourth-order valence-electron chi connectivity index (χ4n) is 3.14. The summed E-state index contributed by atoms with van der Waals surface area (Å²) in [6.45, 7) is 4.99. The first-order valence-corrected chi connectivity index (χ1v) is 9.40. The molecule has 0 saturated carbocycles. The monoisotopic (exact) mass is 327 g/mol.